The van der Waals surface area contributed by atoms with Gasteiger partial charge in [0.15, 0.2) is 0 Å². The summed E-state index contributed by atoms with van der Waals surface area (Å²) in [7, 11) is 0. The van der Waals surface area contributed by atoms with Crippen molar-refractivity contribution in [1.82, 2.24) is 0 Å². The summed E-state index contributed by atoms with van der Waals surface area (Å²) in [5, 5.41) is 19.7. The van der Waals surface area contributed by atoms with E-state index in [9.17, 15) is 4.79 Å². The highest BCUT2D eigenvalue weighted by Crippen LogP contribution is 2.35. The molecule has 1 aromatic carbocycles. The van der Waals surface area contributed by atoms with Crippen LogP contribution in [0, 0.1) is 11.3 Å². The SMILES string of the molecule is N#Cc1c(Br)cccc1Sc1csc(C(=O)O)c1. The van der Waals surface area contributed by atoms with Crippen molar-refractivity contribution >= 4 is 45.0 Å². The Kier molecular flexibility index (Phi) is 4.07. The number of carbonyl (C=O) groups is 1. The summed E-state index contributed by atoms with van der Waals surface area (Å²) in [6, 6.07) is 9.23. The molecule has 0 amide bonds. The third-order valence-electron chi connectivity index (χ3n) is 2.10. The van der Waals surface area contributed by atoms with Gasteiger partial charge in [-0.3, -0.25) is 0 Å². The molecule has 0 atom stereocenters. The van der Waals surface area contributed by atoms with Gasteiger partial charge in [-0.15, -0.1) is 11.3 Å². The first-order valence-corrected chi connectivity index (χ1v) is 7.29. The van der Waals surface area contributed by atoms with E-state index in [4.69, 9.17) is 10.4 Å². The molecule has 2 aromatic rings. The number of benzene rings is 1. The van der Waals surface area contributed by atoms with Crippen molar-refractivity contribution in [3.63, 3.8) is 0 Å². The van der Waals surface area contributed by atoms with Gasteiger partial charge < -0.3 is 5.11 Å². The van der Waals surface area contributed by atoms with E-state index in [0.717, 1.165) is 14.3 Å². The number of carboxylic acid groups (broad SMARTS) is 1. The molecule has 0 fully saturated rings. The maximum absolute atomic E-state index is 10.8. The van der Waals surface area contributed by atoms with Gasteiger partial charge in [0.05, 0.1) is 5.56 Å². The number of hydrogen-bond acceptors (Lipinski definition) is 4. The lowest BCUT2D eigenvalue weighted by Crippen LogP contribution is -1.89. The lowest BCUT2D eigenvalue weighted by molar-refractivity contribution is 0.0702. The fraction of sp³-hybridized carbons (Fsp3) is 0. The molecule has 18 heavy (non-hydrogen) atoms. The molecule has 6 heteroatoms. The van der Waals surface area contributed by atoms with Gasteiger partial charge in [-0.05, 0) is 34.1 Å². The van der Waals surface area contributed by atoms with E-state index in [1.165, 1.54) is 23.1 Å². The summed E-state index contributed by atoms with van der Waals surface area (Å²) in [4.78, 5) is 12.7. The highest BCUT2D eigenvalue weighted by molar-refractivity contribution is 9.10. The van der Waals surface area contributed by atoms with Crippen LogP contribution in [-0.4, -0.2) is 11.1 Å². The fourth-order valence-electron chi connectivity index (χ4n) is 1.31. The van der Waals surface area contributed by atoms with Crippen molar-refractivity contribution in [1.29, 1.82) is 5.26 Å². The van der Waals surface area contributed by atoms with Crippen molar-refractivity contribution in [3.05, 3.63) is 44.6 Å². The molecule has 0 saturated carbocycles. The first kappa shape index (κ1) is 13.1. The quantitative estimate of drug-likeness (QED) is 0.908. The molecule has 0 radical (unpaired) electrons. The Morgan fingerprint density at radius 1 is 1.50 bits per heavy atom. The van der Waals surface area contributed by atoms with Crippen molar-refractivity contribution in [2.75, 3.05) is 0 Å². The third-order valence-corrected chi connectivity index (χ3v) is 4.86. The normalized spacial score (nSPS) is 10.0. The molecule has 0 aliphatic rings. The van der Waals surface area contributed by atoms with Crippen molar-refractivity contribution in [3.8, 4) is 6.07 Å². The van der Waals surface area contributed by atoms with E-state index in [-0.39, 0.29) is 0 Å². The van der Waals surface area contributed by atoms with E-state index in [1.807, 2.05) is 12.1 Å². The summed E-state index contributed by atoms with van der Waals surface area (Å²) >= 11 is 5.89. The molecule has 0 unspecified atom stereocenters. The van der Waals surface area contributed by atoms with Crippen molar-refractivity contribution in [2.45, 2.75) is 9.79 Å². The second kappa shape index (κ2) is 5.57. The highest BCUT2D eigenvalue weighted by atomic mass is 79.9. The van der Waals surface area contributed by atoms with Crippen molar-refractivity contribution < 1.29 is 9.90 Å². The predicted molar refractivity (Wildman–Crippen MR) is 74.3 cm³/mol. The largest absolute Gasteiger partial charge is 0.477 e. The van der Waals surface area contributed by atoms with Crippen LogP contribution in [0.2, 0.25) is 0 Å². The molecule has 90 valence electrons. The highest BCUT2D eigenvalue weighted by Gasteiger charge is 2.11. The molecule has 0 saturated heterocycles. The smallest absolute Gasteiger partial charge is 0.345 e. The van der Waals surface area contributed by atoms with Crippen LogP contribution in [0.3, 0.4) is 0 Å². The maximum atomic E-state index is 10.8. The van der Waals surface area contributed by atoms with Crippen LogP contribution in [0.15, 0.2) is 43.9 Å². The number of nitrogens with zero attached hydrogens (tertiary/aromatic N) is 1. The predicted octanol–water partition coefficient (Wildman–Crippen LogP) is 4.23. The van der Waals surface area contributed by atoms with Gasteiger partial charge in [0.2, 0.25) is 0 Å². The summed E-state index contributed by atoms with van der Waals surface area (Å²) < 4.78 is 0.740. The molecule has 0 aliphatic carbocycles. The van der Waals surface area contributed by atoms with Crippen LogP contribution in [0.4, 0.5) is 0 Å². The Bertz CT molecular complexity index is 646. The number of aromatic carboxylic acids is 1. The van der Waals surface area contributed by atoms with Gasteiger partial charge in [0.1, 0.15) is 10.9 Å². The average Bonchev–Trinajstić information content (AvgIpc) is 2.78. The van der Waals surface area contributed by atoms with E-state index < -0.39 is 5.97 Å². The zero-order valence-electron chi connectivity index (χ0n) is 8.88. The maximum Gasteiger partial charge on any atom is 0.345 e. The zero-order valence-corrected chi connectivity index (χ0v) is 12.1. The molecule has 1 heterocycles. The molecule has 2 rings (SSSR count). The monoisotopic (exact) mass is 339 g/mol. The summed E-state index contributed by atoms with van der Waals surface area (Å²) in [5.74, 6) is -0.929. The minimum absolute atomic E-state index is 0.297. The number of nitriles is 1. The lowest BCUT2D eigenvalue weighted by atomic mass is 10.2. The summed E-state index contributed by atoms with van der Waals surface area (Å²) in [6.45, 7) is 0. The number of hydrogen-bond donors (Lipinski definition) is 1. The first-order valence-electron chi connectivity index (χ1n) is 4.80. The van der Waals surface area contributed by atoms with E-state index in [0.29, 0.717) is 10.4 Å². The van der Waals surface area contributed by atoms with Crippen LogP contribution in [0.1, 0.15) is 15.2 Å². The lowest BCUT2D eigenvalue weighted by Gasteiger charge is -2.03. The summed E-state index contributed by atoms with van der Waals surface area (Å²) in [6.07, 6.45) is 0. The van der Waals surface area contributed by atoms with Gasteiger partial charge >= 0.3 is 5.97 Å². The van der Waals surface area contributed by atoms with Crippen LogP contribution in [-0.2, 0) is 0 Å². The Morgan fingerprint density at radius 2 is 2.28 bits per heavy atom. The number of rotatable bonds is 3. The Morgan fingerprint density at radius 3 is 2.89 bits per heavy atom. The molecule has 3 nitrogen and oxygen atoms in total. The molecule has 0 aliphatic heterocycles. The third kappa shape index (κ3) is 2.75. The van der Waals surface area contributed by atoms with Gasteiger partial charge in [-0.25, -0.2) is 4.79 Å². The van der Waals surface area contributed by atoms with Crippen LogP contribution < -0.4 is 0 Å². The van der Waals surface area contributed by atoms with Gasteiger partial charge in [-0.2, -0.15) is 5.26 Å². The standard InChI is InChI=1S/C12H6BrNO2S2/c13-9-2-1-3-10(8(9)5-14)18-7-4-11(12(15)16)17-6-7/h1-4,6H,(H,15,16). The zero-order chi connectivity index (χ0) is 13.1. The minimum Gasteiger partial charge on any atom is -0.477 e. The van der Waals surface area contributed by atoms with Gasteiger partial charge in [0.25, 0.3) is 0 Å². The van der Waals surface area contributed by atoms with Crippen LogP contribution in [0.25, 0.3) is 0 Å². The molecular weight excluding hydrogens is 334 g/mol. The minimum atomic E-state index is -0.929. The van der Waals surface area contributed by atoms with E-state index >= 15 is 0 Å². The Hall–Kier alpha value is -1.29. The van der Waals surface area contributed by atoms with Crippen LogP contribution in [0.5, 0.6) is 0 Å². The topological polar surface area (TPSA) is 61.1 Å². The first-order chi connectivity index (χ1) is 8.61. The average molecular weight is 340 g/mol. The Balaban J connectivity index is 2.31. The number of thiophene rings is 1. The molecule has 1 aromatic heterocycles. The van der Waals surface area contributed by atoms with E-state index in [2.05, 4.69) is 22.0 Å². The molecular formula is C12H6BrNO2S2. The van der Waals surface area contributed by atoms with Gasteiger partial charge in [-0.1, -0.05) is 17.8 Å². The number of halogens is 1. The molecule has 1 N–H and O–H groups in total. The van der Waals surface area contributed by atoms with Crippen LogP contribution >= 0.6 is 39.0 Å². The number of carboxylic acids is 1. The Labute approximate surface area is 120 Å². The summed E-state index contributed by atoms with van der Waals surface area (Å²) in [5.41, 5.74) is 0.561. The van der Waals surface area contributed by atoms with E-state index in [1.54, 1.807) is 17.5 Å². The van der Waals surface area contributed by atoms with Crippen molar-refractivity contribution in [2.24, 2.45) is 0 Å². The van der Waals surface area contributed by atoms with Gasteiger partial charge in [0, 0.05) is 19.6 Å². The second-order valence-corrected chi connectivity index (χ2v) is 6.16. The fourth-order valence-corrected chi connectivity index (χ4v) is 3.75. The second-order valence-electron chi connectivity index (χ2n) is 3.28. The molecule has 0 bridgehead atoms. The molecule has 0 spiro atoms.